The molecule has 0 aliphatic carbocycles. The Morgan fingerprint density at radius 1 is 1.06 bits per heavy atom. The van der Waals surface area contributed by atoms with Gasteiger partial charge in [0.2, 0.25) is 0 Å². The van der Waals surface area contributed by atoms with Gasteiger partial charge in [0.05, 0.1) is 35.8 Å². The largest absolute Gasteiger partial charge is 0.416 e. The van der Waals surface area contributed by atoms with Crippen LogP contribution in [0.4, 0.5) is 24.5 Å². The van der Waals surface area contributed by atoms with E-state index in [0.717, 1.165) is 54.4 Å². The number of benzene rings is 2. The van der Waals surface area contributed by atoms with Crippen LogP contribution in [-0.4, -0.2) is 55.0 Å². The molecule has 174 valence electrons. The number of nitrogens with zero attached hydrogens (tertiary/aromatic N) is 2. The zero-order valence-corrected chi connectivity index (χ0v) is 19.0. The lowest BCUT2D eigenvalue weighted by atomic mass is 10.1. The van der Waals surface area contributed by atoms with Gasteiger partial charge in [-0.3, -0.25) is 0 Å². The molecule has 1 fully saturated rings. The summed E-state index contributed by atoms with van der Waals surface area (Å²) in [6.45, 7) is 5.52. The summed E-state index contributed by atoms with van der Waals surface area (Å²) in [5.41, 5.74) is 0.990. The molecule has 2 heterocycles. The SMILES string of the molecule is CC(O)COC1CCN(CCCN2c3ccccc3Sc3ccc(C(F)(F)F)cc32)CC1. The third-order valence-corrected chi connectivity index (χ3v) is 7.05. The fourth-order valence-electron chi connectivity index (χ4n) is 4.27. The summed E-state index contributed by atoms with van der Waals surface area (Å²) < 4.78 is 45.8. The predicted molar refractivity (Wildman–Crippen MR) is 121 cm³/mol. The third kappa shape index (κ3) is 5.60. The van der Waals surface area contributed by atoms with Crippen molar-refractivity contribution < 1.29 is 23.0 Å². The second kappa shape index (κ2) is 10.0. The molecule has 1 N–H and O–H groups in total. The van der Waals surface area contributed by atoms with Crippen LogP contribution in [0.5, 0.6) is 0 Å². The molecule has 1 unspecified atom stereocenters. The van der Waals surface area contributed by atoms with Crippen molar-refractivity contribution in [2.24, 2.45) is 0 Å². The van der Waals surface area contributed by atoms with Crippen LogP contribution in [0.3, 0.4) is 0 Å². The van der Waals surface area contributed by atoms with Crippen LogP contribution in [-0.2, 0) is 10.9 Å². The number of fused-ring (bicyclic) bond motifs is 2. The lowest BCUT2D eigenvalue weighted by Gasteiger charge is -2.35. The molecule has 1 saturated heterocycles. The smallest absolute Gasteiger partial charge is 0.391 e. The van der Waals surface area contributed by atoms with E-state index in [9.17, 15) is 18.3 Å². The number of ether oxygens (including phenoxy) is 1. The Kier molecular flexibility index (Phi) is 7.34. The fourth-order valence-corrected chi connectivity index (χ4v) is 5.35. The van der Waals surface area contributed by atoms with E-state index in [4.69, 9.17) is 4.74 Å². The molecule has 0 aromatic heterocycles. The summed E-state index contributed by atoms with van der Waals surface area (Å²) in [6.07, 6.45) is -1.88. The maximum atomic E-state index is 13.4. The average molecular weight is 467 g/mol. The van der Waals surface area contributed by atoms with Crippen LogP contribution in [0.2, 0.25) is 0 Å². The molecule has 0 bridgehead atoms. The zero-order chi connectivity index (χ0) is 22.7. The summed E-state index contributed by atoms with van der Waals surface area (Å²) >= 11 is 1.52. The van der Waals surface area contributed by atoms with Gasteiger partial charge in [-0.25, -0.2) is 0 Å². The molecule has 2 aliphatic heterocycles. The number of likely N-dealkylation sites (tertiary alicyclic amines) is 1. The Balaban J connectivity index is 1.40. The van der Waals surface area contributed by atoms with Crippen molar-refractivity contribution >= 4 is 23.1 Å². The van der Waals surface area contributed by atoms with Crippen LogP contribution >= 0.6 is 11.8 Å². The first kappa shape index (κ1) is 23.4. The van der Waals surface area contributed by atoms with E-state index in [2.05, 4.69) is 4.90 Å². The standard InChI is InChI=1S/C24H29F3N2O2S/c1-17(30)16-31-19-9-13-28(14-10-19)11-4-12-29-20-5-2-3-6-22(20)32-23-8-7-18(15-21(23)29)24(25,26)27/h2-3,5-8,15,17,19,30H,4,9-14,16H2,1H3. The molecule has 4 rings (SSSR count). The van der Waals surface area contributed by atoms with E-state index in [0.29, 0.717) is 18.8 Å². The number of aliphatic hydroxyl groups excluding tert-OH is 1. The highest BCUT2D eigenvalue weighted by atomic mass is 32.2. The summed E-state index contributed by atoms with van der Waals surface area (Å²) in [5, 5.41) is 9.37. The van der Waals surface area contributed by atoms with Crippen molar-refractivity contribution in [2.45, 2.75) is 54.4 Å². The molecule has 32 heavy (non-hydrogen) atoms. The molecular weight excluding hydrogens is 437 g/mol. The zero-order valence-electron chi connectivity index (χ0n) is 18.1. The molecule has 0 radical (unpaired) electrons. The van der Waals surface area contributed by atoms with Gasteiger partial charge in [0.1, 0.15) is 0 Å². The Morgan fingerprint density at radius 2 is 1.78 bits per heavy atom. The van der Waals surface area contributed by atoms with E-state index in [-0.39, 0.29) is 6.10 Å². The van der Waals surface area contributed by atoms with Crippen LogP contribution in [0.15, 0.2) is 52.3 Å². The van der Waals surface area contributed by atoms with Crippen molar-refractivity contribution in [2.75, 3.05) is 37.7 Å². The number of alkyl halides is 3. The fraction of sp³-hybridized carbons (Fsp3) is 0.500. The van der Waals surface area contributed by atoms with Crippen LogP contribution < -0.4 is 4.90 Å². The minimum Gasteiger partial charge on any atom is -0.391 e. The van der Waals surface area contributed by atoms with Gasteiger partial charge in [-0.2, -0.15) is 13.2 Å². The van der Waals surface area contributed by atoms with Gasteiger partial charge in [0.15, 0.2) is 0 Å². The molecule has 0 amide bonds. The highest BCUT2D eigenvalue weighted by Crippen LogP contribution is 2.49. The highest BCUT2D eigenvalue weighted by molar-refractivity contribution is 7.99. The van der Waals surface area contributed by atoms with E-state index in [1.165, 1.54) is 23.9 Å². The molecule has 0 spiro atoms. The van der Waals surface area contributed by atoms with Crippen molar-refractivity contribution in [3.05, 3.63) is 48.0 Å². The average Bonchev–Trinajstić information content (AvgIpc) is 2.77. The Labute approximate surface area is 191 Å². The first-order valence-electron chi connectivity index (χ1n) is 11.1. The normalized spacial score (nSPS) is 18.3. The summed E-state index contributed by atoms with van der Waals surface area (Å²) in [5.74, 6) is 0. The minimum absolute atomic E-state index is 0.194. The van der Waals surface area contributed by atoms with Crippen molar-refractivity contribution in [3.63, 3.8) is 0 Å². The number of piperidine rings is 1. The summed E-state index contributed by atoms with van der Waals surface area (Å²) in [4.78, 5) is 6.35. The molecule has 1 atom stereocenters. The number of para-hydroxylation sites is 1. The van der Waals surface area contributed by atoms with E-state index in [1.54, 1.807) is 13.0 Å². The molecule has 4 nitrogen and oxygen atoms in total. The Morgan fingerprint density at radius 3 is 2.50 bits per heavy atom. The predicted octanol–water partition coefficient (Wildman–Crippen LogP) is 5.56. The highest BCUT2D eigenvalue weighted by Gasteiger charge is 2.33. The quantitative estimate of drug-likeness (QED) is 0.578. The number of hydrogen-bond donors (Lipinski definition) is 1. The Hall–Kier alpha value is -1.74. The number of hydrogen-bond acceptors (Lipinski definition) is 5. The van der Waals surface area contributed by atoms with Gasteiger partial charge < -0.3 is 19.6 Å². The summed E-state index contributed by atoms with van der Waals surface area (Å²) in [7, 11) is 0. The Bertz CT molecular complexity index is 914. The van der Waals surface area contributed by atoms with Gasteiger partial charge in [0.25, 0.3) is 0 Å². The first-order chi connectivity index (χ1) is 15.3. The number of halogens is 3. The topological polar surface area (TPSA) is 35.9 Å². The minimum atomic E-state index is -4.36. The summed E-state index contributed by atoms with van der Waals surface area (Å²) in [6, 6.07) is 11.9. The van der Waals surface area contributed by atoms with E-state index >= 15 is 0 Å². The molecule has 0 saturated carbocycles. The second-order valence-electron chi connectivity index (χ2n) is 8.48. The molecule has 2 aliphatic rings. The molecule has 2 aromatic rings. The maximum absolute atomic E-state index is 13.4. The molecule has 8 heteroatoms. The monoisotopic (exact) mass is 466 g/mol. The van der Waals surface area contributed by atoms with Crippen molar-refractivity contribution in [1.82, 2.24) is 4.90 Å². The first-order valence-corrected chi connectivity index (χ1v) is 11.9. The van der Waals surface area contributed by atoms with Gasteiger partial charge in [-0.05, 0) is 63.1 Å². The van der Waals surface area contributed by atoms with Crippen LogP contribution in [0.1, 0.15) is 31.7 Å². The van der Waals surface area contributed by atoms with Gasteiger partial charge in [0, 0.05) is 29.4 Å². The molecular formula is C24H29F3N2O2S. The number of rotatable bonds is 7. The van der Waals surface area contributed by atoms with E-state index in [1.807, 2.05) is 29.2 Å². The van der Waals surface area contributed by atoms with Crippen molar-refractivity contribution in [1.29, 1.82) is 0 Å². The van der Waals surface area contributed by atoms with Gasteiger partial charge in [-0.15, -0.1) is 0 Å². The number of anilines is 2. The molecule has 2 aromatic carbocycles. The lowest BCUT2D eigenvalue weighted by Crippen LogP contribution is -2.39. The lowest BCUT2D eigenvalue weighted by molar-refractivity contribution is -0.137. The van der Waals surface area contributed by atoms with Crippen LogP contribution in [0, 0.1) is 0 Å². The van der Waals surface area contributed by atoms with Gasteiger partial charge in [-0.1, -0.05) is 23.9 Å². The maximum Gasteiger partial charge on any atom is 0.416 e. The van der Waals surface area contributed by atoms with Crippen LogP contribution in [0.25, 0.3) is 0 Å². The van der Waals surface area contributed by atoms with E-state index < -0.39 is 17.8 Å². The number of aliphatic hydroxyl groups is 1. The van der Waals surface area contributed by atoms with Gasteiger partial charge >= 0.3 is 6.18 Å². The third-order valence-electron chi connectivity index (χ3n) is 5.92. The van der Waals surface area contributed by atoms with Crippen molar-refractivity contribution in [3.8, 4) is 0 Å². The second-order valence-corrected chi connectivity index (χ2v) is 9.56.